The molecule has 1 unspecified atom stereocenters. The Morgan fingerprint density at radius 3 is 2.50 bits per heavy atom. The number of ketones is 1. The van der Waals surface area contributed by atoms with Gasteiger partial charge in [0, 0.05) is 59.0 Å². The van der Waals surface area contributed by atoms with Gasteiger partial charge < -0.3 is 14.0 Å². The Hall–Kier alpha value is -5.27. The second kappa shape index (κ2) is 12.1. The molecule has 0 bridgehead atoms. The molecular weight excluding hydrogens is 534 g/mol. The van der Waals surface area contributed by atoms with E-state index in [9.17, 15) is 14.9 Å². The Labute approximate surface area is 242 Å². The number of aromatic nitrogens is 3. The SMILES string of the molecule is CCn1c2ccc(C#N)cc2c2cc(C(=O)/C(=N/OC(=O)n3ccnc3)c3ccc(OC(C)COC)cc3C)ccc21. The summed E-state index contributed by atoms with van der Waals surface area (Å²) in [5, 5.41) is 15.2. The first-order valence-electron chi connectivity index (χ1n) is 13.4. The van der Waals surface area contributed by atoms with Crippen LogP contribution >= 0.6 is 0 Å². The molecule has 2 aromatic heterocycles. The Bertz CT molecular complexity index is 1860. The van der Waals surface area contributed by atoms with E-state index in [0.29, 0.717) is 41.2 Å². The summed E-state index contributed by atoms with van der Waals surface area (Å²) in [7, 11) is 1.60. The molecule has 5 aromatic rings. The topological polar surface area (TPSA) is 121 Å². The van der Waals surface area contributed by atoms with Gasteiger partial charge in [0.2, 0.25) is 5.78 Å². The molecule has 212 valence electrons. The average molecular weight is 564 g/mol. The van der Waals surface area contributed by atoms with Gasteiger partial charge in [0.25, 0.3) is 0 Å². The first-order valence-corrected chi connectivity index (χ1v) is 13.4. The Kier molecular flexibility index (Phi) is 8.13. The molecule has 0 spiro atoms. The Morgan fingerprint density at radius 2 is 1.83 bits per heavy atom. The predicted octanol–water partition coefficient (Wildman–Crippen LogP) is 5.88. The third kappa shape index (κ3) is 5.50. The number of rotatable bonds is 9. The number of imidazole rings is 1. The number of fused-ring (bicyclic) bond motifs is 3. The molecule has 0 aliphatic carbocycles. The number of hydrogen-bond donors (Lipinski definition) is 0. The molecule has 2 heterocycles. The minimum Gasteiger partial charge on any atom is -0.488 e. The van der Waals surface area contributed by atoms with E-state index < -0.39 is 11.9 Å². The Morgan fingerprint density at radius 1 is 1.07 bits per heavy atom. The van der Waals surface area contributed by atoms with Crippen LogP contribution in [0.3, 0.4) is 0 Å². The van der Waals surface area contributed by atoms with Crippen LogP contribution in [0, 0.1) is 18.3 Å². The first kappa shape index (κ1) is 28.3. The van der Waals surface area contributed by atoms with E-state index in [2.05, 4.69) is 20.8 Å². The monoisotopic (exact) mass is 563 g/mol. The smallest absolute Gasteiger partial charge is 0.445 e. The molecule has 0 aliphatic heterocycles. The number of nitriles is 1. The minimum atomic E-state index is -0.811. The quantitative estimate of drug-likeness (QED) is 0.0951. The molecule has 3 aromatic carbocycles. The summed E-state index contributed by atoms with van der Waals surface area (Å²) in [5.74, 6) is 0.166. The third-order valence-electron chi connectivity index (χ3n) is 6.91. The lowest BCUT2D eigenvalue weighted by Gasteiger charge is -2.16. The highest BCUT2D eigenvalue weighted by Crippen LogP contribution is 2.31. The number of oxime groups is 1. The van der Waals surface area contributed by atoms with Crippen molar-refractivity contribution in [2.75, 3.05) is 13.7 Å². The molecule has 0 amide bonds. The molecule has 0 N–H and O–H groups in total. The molecule has 0 saturated heterocycles. The van der Waals surface area contributed by atoms with Crippen LogP contribution in [0.25, 0.3) is 21.8 Å². The molecule has 10 nitrogen and oxygen atoms in total. The zero-order valence-corrected chi connectivity index (χ0v) is 23.7. The minimum absolute atomic E-state index is 0.0475. The van der Waals surface area contributed by atoms with Gasteiger partial charge in [-0.25, -0.2) is 14.3 Å². The summed E-state index contributed by atoms with van der Waals surface area (Å²) in [4.78, 5) is 35.7. The number of carbonyl (C=O) groups excluding carboxylic acids is 2. The maximum atomic E-state index is 14.1. The number of hydrogen-bond acceptors (Lipinski definition) is 8. The number of methoxy groups -OCH3 is 1. The fourth-order valence-corrected chi connectivity index (χ4v) is 4.98. The van der Waals surface area contributed by atoms with Crippen molar-refractivity contribution in [1.82, 2.24) is 14.1 Å². The van der Waals surface area contributed by atoms with Gasteiger partial charge in [-0.2, -0.15) is 5.26 Å². The van der Waals surface area contributed by atoms with E-state index in [0.717, 1.165) is 26.4 Å². The van der Waals surface area contributed by atoms with Crippen LogP contribution in [0.1, 0.15) is 40.9 Å². The van der Waals surface area contributed by atoms with Crippen LogP contribution in [0.15, 0.2) is 78.5 Å². The molecule has 1 atom stereocenters. The van der Waals surface area contributed by atoms with Crippen molar-refractivity contribution in [2.24, 2.45) is 5.16 Å². The normalized spacial score (nSPS) is 12.3. The lowest BCUT2D eigenvalue weighted by Crippen LogP contribution is -2.20. The molecule has 5 rings (SSSR count). The highest BCUT2D eigenvalue weighted by atomic mass is 16.7. The summed E-state index contributed by atoms with van der Waals surface area (Å²) >= 11 is 0. The molecule has 0 saturated carbocycles. The lowest BCUT2D eigenvalue weighted by atomic mass is 9.96. The summed E-state index contributed by atoms with van der Waals surface area (Å²) in [6, 6.07) is 18.4. The second-order valence-corrected chi connectivity index (χ2v) is 9.78. The highest BCUT2D eigenvalue weighted by molar-refractivity contribution is 6.51. The van der Waals surface area contributed by atoms with Gasteiger partial charge in [-0.1, -0.05) is 5.16 Å². The van der Waals surface area contributed by atoms with Crippen molar-refractivity contribution >= 4 is 39.4 Å². The summed E-state index contributed by atoms with van der Waals surface area (Å²) in [6.07, 6.45) is 3.15. The van der Waals surface area contributed by atoms with Crippen molar-refractivity contribution in [1.29, 1.82) is 5.26 Å². The molecule has 0 fully saturated rings. The van der Waals surface area contributed by atoms with E-state index in [1.54, 1.807) is 43.5 Å². The standard InChI is InChI=1S/C32H29N5O5/c1-5-37-28-10-6-22(17-33)15-26(28)27-16-23(7-11-29(27)37)31(38)30(35-42-32(39)36-13-12-34-19-36)25-9-8-24(14-20(25)2)41-21(3)18-40-4/h6-16,19,21H,5,18H2,1-4H3/b35-30+. The maximum absolute atomic E-state index is 14.1. The number of benzene rings is 3. The fraction of sp³-hybridized carbons (Fsp3) is 0.219. The highest BCUT2D eigenvalue weighted by Gasteiger charge is 2.23. The van der Waals surface area contributed by atoms with E-state index in [1.807, 2.05) is 39.0 Å². The number of aryl methyl sites for hydroxylation is 2. The van der Waals surface area contributed by atoms with Crippen LogP contribution < -0.4 is 4.74 Å². The van der Waals surface area contributed by atoms with Crippen LogP contribution in [-0.4, -0.2) is 51.5 Å². The molecule has 0 radical (unpaired) electrons. The molecule has 42 heavy (non-hydrogen) atoms. The fourth-order valence-electron chi connectivity index (χ4n) is 4.98. The van der Waals surface area contributed by atoms with E-state index >= 15 is 0 Å². The Balaban J connectivity index is 1.59. The molecule has 10 heteroatoms. The summed E-state index contributed by atoms with van der Waals surface area (Å²) < 4.78 is 14.3. The van der Waals surface area contributed by atoms with Gasteiger partial charge in [-0.15, -0.1) is 0 Å². The summed E-state index contributed by atoms with van der Waals surface area (Å²) in [6.45, 7) is 6.90. The zero-order chi connectivity index (χ0) is 29.8. The van der Waals surface area contributed by atoms with Gasteiger partial charge in [-0.05, 0) is 80.9 Å². The third-order valence-corrected chi connectivity index (χ3v) is 6.91. The van der Waals surface area contributed by atoms with Crippen molar-refractivity contribution in [3.63, 3.8) is 0 Å². The first-order chi connectivity index (χ1) is 20.3. The van der Waals surface area contributed by atoms with Crippen molar-refractivity contribution < 1.29 is 23.9 Å². The zero-order valence-electron chi connectivity index (χ0n) is 23.7. The van der Waals surface area contributed by atoms with Crippen LogP contribution in [0.5, 0.6) is 5.75 Å². The summed E-state index contributed by atoms with van der Waals surface area (Å²) in [5.41, 5.74) is 3.92. The van der Waals surface area contributed by atoms with Crippen LogP contribution in [0.2, 0.25) is 0 Å². The van der Waals surface area contributed by atoms with Gasteiger partial charge in [0.15, 0.2) is 5.71 Å². The van der Waals surface area contributed by atoms with E-state index in [4.69, 9.17) is 14.3 Å². The lowest BCUT2D eigenvalue weighted by molar-refractivity contribution is 0.0920. The van der Waals surface area contributed by atoms with Crippen molar-refractivity contribution in [3.05, 3.63) is 95.6 Å². The molecule has 0 aliphatic rings. The van der Waals surface area contributed by atoms with Gasteiger partial charge >= 0.3 is 6.09 Å². The number of nitrogens with zero attached hydrogens (tertiary/aromatic N) is 5. The number of carbonyl (C=O) groups is 2. The molecular formula is C32H29N5O5. The van der Waals surface area contributed by atoms with Crippen molar-refractivity contribution in [3.8, 4) is 11.8 Å². The van der Waals surface area contributed by atoms with Gasteiger partial charge in [0.05, 0.1) is 18.2 Å². The van der Waals surface area contributed by atoms with Crippen molar-refractivity contribution in [2.45, 2.75) is 33.4 Å². The van der Waals surface area contributed by atoms with Gasteiger partial charge in [-0.3, -0.25) is 9.63 Å². The van der Waals surface area contributed by atoms with Gasteiger partial charge in [0.1, 0.15) is 18.2 Å². The predicted molar refractivity (Wildman–Crippen MR) is 158 cm³/mol. The maximum Gasteiger partial charge on any atom is 0.445 e. The number of ether oxygens (including phenoxy) is 2. The van der Waals surface area contributed by atoms with Crippen LogP contribution in [-0.2, 0) is 16.1 Å². The van der Waals surface area contributed by atoms with E-state index in [1.165, 1.54) is 18.7 Å². The number of Topliss-reactive ketones (excluding diaryl/α,β-unsaturated/α-hetero) is 1. The van der Waals surface area contributed by atoms with Crippen LogP contribution in [0.4, 0.5) is 4.79 Å². The average Bonchev–Trinajstić information content (AvgIpc) is 3.64. The largest absolute Gasteiger partial charge is 0.488 e. The van der Waals surface area contributed by atoms with E-state index in [-0.39, 0.29) is 11.8 Å². The second-order valence-electron chi connectivity index (χ2n) is 9.78.